The number of aromatic nitrogens is 2. The molecule has 1 aliphatic rings. The maximum atomic E-state index is 13.8. The third-order valence-electron chi connectivity index (χ3n) is 5.21. The summed E-state index contributed by atoms with van der Waals surface area (Å²) in [6, 6.07) is -1.16. The van der Waals surface area contributed by atoms with Crippen LogP contribution >= 0.6 is 42.7 Å². The number of aliphatic hydroxyl groups is 1. The SMILES string of the molecule is CC(C)OC(=O)[C@@H](C)NP(=O)(OCCSC(=O)C(C)(C)C)OC[C@H]1O[C@@H](n2cc(F)c(=O)[nH]c2=O)C(Cl)(Cl)[C@@H]1O. The minimum absolute atomic E-state index is 0.105. The molecule has 0 saturated carbocycles. The molecule has 0 bridgehead atoms. The van der Waals surface area contributed by atoms with Crippen LogP contribution in [0.4, 0.5) is 4.39 Å². The molecular formula is C22H33Cl2FN3O10PS. The van der Waals surface area contributed by atoms with E-state index in [0.29, 0.717) is 10.8 Å². The quantitative estimate of drug-likeness (QED) is 0.130. The van der Waals surface area contributed by atoms with Crippen molar-refractivity contribution >= 4 is 53.8 Å². The Morgan fingerprint density at radius 1 is 1.30 bits per heavy atom. The molecule has 0 amide bonds. The summed E-state index contributed by atoms with van der Waals surface area (Å²) in [6.07, 6.45) is -4.84. The van der Waals surface area contributed by atoms with Gasteiger partial charge in [0.2, 0.25) is 5.82 Å². The third kappa shape index (κ3) is 9.10. The molecule has 2 rings (SSSR count). The molecule has 1 fully saturated rings. The van der Waals surface area contributed by atoms with E-state index in [1.165, 1.54) is 6.92 Å². The number of alkyl halides is 2. The lowest BCUT2D eigenvalue weighted by molar-refractivity contribution is -0.149. The van der Waals surface area contributed by atoms with Crippen molar-refractivity contribution in [2.45, 2.75) is 76.5 Å². The second-order valence-electron chi connectivity index (χ2n) is 10.1. The summed E-state index contributed by atoms with van der Waals surface area (Å²) < 4.78 is 47.2. The third-order valence-corrected chi connectivity index (χ3v) is 8.99. The molecule has 40 heavy (non-hydrogen) atoms. The number of halogens is 3. The number of esters is 1. The molecule has 5 atom stereocenters. The van der Waals surface area contributed by atoms with E-state index in [0.717, 1.165) is 11.8 Å². The Morgan fingerprint density at radius 2 is 1.93 bits per heavy atom. The number of thioether (sulfide) groups is 1. The molecule has 3 N–H and O–H groups in total. The Labute approximate surface area is 244 Å². The molecule has 0 spiro atoms. The number of ether oxygens (including phenoxy) is 2. The van der Waals surface area contributed by atoms with E-state index in [9.17, 15) is 33.2 Å². The highest BCUT2D eigenvalue weighted by Gasteiger charge is 2.56. The summed E-state index contributed by atoms with van der Waals surface area (Å²) in [7, 11) is -4.34. The minimum Gasteiger partial charge on any atom is -0.462 e. The number of carbonyl (C=O) groups excluding carboxylic acids is 2. The Balaban J connectivity index is 2.19. The molecule has 0 aliphatic carbocycles. The van der Waals surface area contributed by atoms with Crippen LogP contribution in [0.15, 0.2) is 15.8 Å². The zero-order valence-corrected chi connectivity index (χ0v) is 25.9. The first-order valence-corrected chi connectivity index (χ1v) is 15.3. The van der Waals surface area contributed by atoms with E-state index in [-0.39, 0.29) is 17.5 Å². The van der Waals surface area contributed by atoms with Gasteiger partial charge in [-0.3, -0.25) is 33.0 Å². The highest BCUT2D eigenvalue weighted by atomic mass is 35.5. The number of H-pyrrole nitrogens is 1. The summed E-state index contributed by atoms with van der Waals surface area (Å²) in [5, 5.41) is 13.0. The molecular weight excluding hydrogens is 619 g/mol. The van der Waals surface area contributed by atoms with Gasteiger partial charge in [0.25, 0.3) is 5.56 Å². The zero-order valence-electron chi connectivity index (χ0n) is 22.6. The number of aromatic amines is 1. The maximum absolute atomic E-state index is 13.8. The Morgan fingerprint density at radius 3 is 2.50 bits per heavy atom. The van der Waals surface area contributed by atoms with Crippen LogP contribution in [0.3, 0.4) is 0 Å². The number of carbonyl (C=O) groups is 2. The van der Waals surface area contributed by atoms with Crippen LogP contribution < -0.4 is 16.3 Å². The molecule has 228 valence electrons. The summed E-state index contributed by atoms with van der Waals surface area (Å²) in [5.74, 6) is -1.99. The van der Waals surface area contributed by atoms with Crippen molar-refractivity contribution in [2.75, 3.05) is 19.0 Å². The fourth-order valence-corrected chi connectivity index (χ4v) is 6.14. The van der Waals surface area contributed by atoms with Crippen molar-refractivity contribution in [1.82, 2.24) is 14.6 Å². The molecule has 1 saturated heterocycles. The number of nitrogens with one attached hydrogen (secondary N) is 2. The summed E-state index contributed by atoms with van der Waals surface area (Å²) in [4.78, 5) is 49.7. The van der Waals surface area contributed by atoms with Crippen LogP contribution in [0.5, 0.6) is 0 Å². The van der Waals surface area contributed by atoms with Crippen LogP contribution in [0.25, 0.3) is 0 Å². The largest absolute Gasteiger partial charge is 0.462 e. The van der Waals surface area contributed by atoms with Gasteiger partial charge in [-0.05, 0) is 20.8 Å². The first-order valence-electron chi connectivity index (χ1n) is 12.1. The zero-order chi connectivity index (χ0) is 30.6. The maximum Gasteiger partial charge on any atom is 0.406 e. The lowest BCUT2D eigenvalue weighted by Crippen LogP contribution is -2.42. The fraction of sp³-hybridized carbons (Fsp3) is 0.727. The second kappa shape index (κ2) is 13.8. The molecule has 1 unspecified atom stereocenters. The molecule has 1 aromatic rings. The first kappa shape index (κ1) is 34.9. The standard InChI is InChI=1S/C22H33Cl2FN3O10PS/c1-11(2)37-17(31)12(3)27-39(34,35-7-8-40-19(32)21(4,5)6)36-10-14-15(29)22(23,24)18(38-14)28-9-13(25)16(30)26-20(28)33/h9,11-12,14-15,18,29H,7-8,10H2,1-6H3,(H,27,34)(H,26,30,33)/t12-,14-,15-,18-,39?/m1/s1. The van der Waals surface area contributed by atoms with Crippen molar-refractivity contribution < 1.29 is 42.2 Å². The second-order valence-corrected chi connectivity index (χ2v) is 14.4. The van der Waals surface area contributed by atoms with Gasteiger partial charge in [-0.1, -0.05) is 55.7 Å². The molecule has 0 radical (unpaired) electrons. The van der Waals surface area contributed by atoms with E-state index in [4.69, 9.17) is 41.7 Å². The van der Waals surface area contributed by atoms with Crippen LogP contribution in [0.1, 0.15) is 47.8 Å². The summed E-state index contributed by atoms with van der Waals surface area (Å²) in [5.41, 5.74) is -3.02. The number of nitrogens with zero attached hydrogens (tertiary/aromatic N) is 1. The Bertz CT molecular complexity index is 1240. The van der Waals surface area contributed by atoms with Gasteiger partial charge in [-0.2, -0.15) is 4.39 Å². The van der Waals surface area contributed by atoms with E-state index in [2.05, 4.69) is 5.09 Å². The van der Waals surface area contributed by atoms with Crippen LogP contribution in [0.2, 0.25) is 0 Å². The molecule has 13 nitrogen and oxygen atoms in total. The van der Waals surface area contributed by atoms with Crippen LogP contribution in [-0.2, 0) is 32.7 Å². The van der Waals surface area contributed by atoms with Gasteiger partial charge < -0.3 is 14.6 Å². The van der Waals surface area contributed by atoms with Gasteiger partial charge in [-0.15, -0.1) is 0 Å². The van der Waals surface area contributed by atoms with Gasteiger partial charge in [-0.25, -0.2) is 14.4 Å². The average molecular weight is 652 g/mol. The van der Waals surface area contributed by atoms with Gasteiger partial charge in [0, 0.05) is 11.2 Å². The van der Waals surface area contributed by atoms with E-state index in [1.54, 1.807) is 39.6 Å². The van der Waals surface area contributed by atoms with E-state index >= 15 is 0 Å². The van der Waals surface area contributed by atoms with Crippen molar-refractivity contribution in [1.29, 1.82) is 0 Å². The molecule has 18 heteroatoms. The lowest BCUT2D eigenvalue weighted by atomic mass is 10.00. The minimum atomic E-state index is -4.34. The monoisotopic (exact) mass is 651 g/mol. The van der Waals surface area contributed by atoms with Gasteiger partial charge in [0.1, 0.15) is 18.2 Å². The first-order chi connectivity index (χ1) is 18.3. The van der Waals surface area contributed by atoms with E-state index < -0.39 is 77.7 Å². The highest BCUT2D eigenvalue weighted by molar-refractivity contribution is 8.13. The Kier molecular flexibility index (Phi) is 12.0. The molecule has 1 aliphatic heterocycles. The van der Waals surface area contributed by atoms with Crippen LogP contribution in [-0.4, -0.2) is 73.4 Å². The highest BCUT2D eigenvalue weighted by Crippen LogP contribution is 2.49. The summed E-state index contributed by atoms with van der Waals surface area (Å²) in [6.45, 7) is 8.90. The Hall–Kier alpha value is -1.29. The van der Waals surface area contributed by atoms with Crippen molar-refractivity contribution in [3.05, 3.63) is 32.9 Å². The van der Waals surface area contributed by atoms with Crippen molar-refractivity contribution in [2.24, 2.45) is 5.41 Å². The lowest BCUT2D eigenvalue weighted by Gasteiger charge is -2.25. The average Bonchev–Trinajstić information content (AvgIpc) is 3.05. The molecule has 0 aromatic carbocycles. The summed E-state index contributed by atoms with van der Waals surface area (Å²) >= 11 is 13.4. The number of hydrogen-bond donors (Lipinski definition) is 3. The number of hydrogen-bond acceptors (Lipinski definition) is 11. The number of rotatable bonds is 12. The number of aliphatic hydroxyl groups excluding tert-OH is 1. The fourth-order valence-electron chi connectivity index (χ4n) is 3.16. The van der Waals surface area contributed by atoms with Gasteiger partial charge >= 0.3 is 19.4 Å². The predicted molar refractivity (Wildman–Crippen MR) is 146 cm³/mol. The van der Waals surface area contributed by atoms with Crippen LogP contribution in [0, 0.1) is 11.2 Å². The van der Waals surface area contributed by atoms with Gasteiger partial charge in [0.15, 0.2) is 15.7 Å². The normalized spacial score (nSPS) is 23.1. The molecule has 1 aromatic heterocycles. The van der Waals surface area contributed by atoms with Gasteiger partial charge in [0.05, 0.1) is 25.5 Å². The molecule has 2 heterocycles. The van der Waals surface area contributed by atoms with Crippen molar-refractivity contribution in [3.8, 4) is 0 Å². The van der Waals surface area contributed by atoms with Crippen molar-refractivity contribution in [3.63, 3.8) is 0 Å². The smallest absolute Gasteiger partial charge is 0.406 e. The predicted octanol–water partition coefficient (Wildman–Crippen LogP) is 2.48. The topological polar surface area (TPSA) is 175 Å². The van der Waals surface area contributed by atoms with E-state index in [1.807, 2.05) is 0 Å².